The van der Waals surface area contributed by atoms with Crippen LogP contribution in [0.4, 0.5) is 0 Å². The summed E-state index contributed by atoms with van der Waals surface area (Å²) in [6.45, 7) is 10.3. The van der Waals surface area contributed by atoms with Gasteiger partial charge in [-0.3, -0.25) is 4.79 Å². The van der Waals surface area contributed by atoms with Crippen molar-refractivity contribution in [3.8, 4) is 0 Å². The zero-order valence-corrected chi connectivity index (χ0v) is 20.4. The van der Waals surface area contributed by atoms with Crippen molar-refractivity contribution in [1.82, 2.24) is 0 Å². The molecular weight excluding hydrogens is 466 g/mol. The van der Waals surface area contributed by atoms with Crippen LogP contribution in [0.5, 0.6) is 0 Å². The third-order valence-electron chi connectivity index (χ3n) is 2.62. The molecule has 0 aliphatic carbocycles. The summed E-state index contributed by atoms with van der Waals surface area (Å²) in [7, 11) is 0. The predicted octanol–water partition coefficient (Wildman–Crippen LogP) is 4.08. The zero-order valence-electron chi connectivity index (χ0n) is 14.3. The number of hydrogen-bond acceptors (Lipinski definition) is 1. The molecule has 0 aromatic carbocycles. The third-order valence-corrected chi connectivity index (χ3v) is 15.6. The smallest absolute Gasteiger partial charge is 0.412 e. The van der Waals surface area contributed by atoms with Crippen molar-refractivity contribution in [3.05, 3.63) is 0 Å². The molecule has 123 valence electrons. The second-order valence-corrected chi connectivity index (χ2v) is 16.2. The average molecular weight is 503 g/mol. The van der Waals surface area contributed by atoms with Gasteiger partial charge in [-0.2, -0.15) is 0 Å². The van der Waals surface area contributed by atoms with Crippen molar-refractivity contribution >= 4 is 48.3 Å². The van der Waals surface area contributed by atoms with Gasteiger partial charge in [0.2, 0.25) is 0 Å². The first-order valence-corrected chi connectivity index (χ1v) is 16.8. The monoisotopic (exact) mass is 505 g/mol. The third kappa shape index (κ3) is 42.7. The molecule has 3 nitrogen and oxygen atoms in total. The van der Waals surface area contributed by atoms with Crippen molar-refractivity contribution in [2.75, 3.05) is 0 Å². The molecule has 20 heavy (non-hydrogen) atoms. The predicted molar refractivity (Wildman–Crippen MR) is 94.8 cm³/mol. The molecule has 0 rings (SSSR count). The molecule has 0 aliphatic heterocycles. The Kier molecular flexibility index (Phi) is 41.1. The second kappa shape index (κ2) is 28.2. The second-order valence-electron chi connectivity index (χ2n) is 4.85. The molecule has 0 saturated heterocycles. The van der Waals surface area contributed by atoms with Gasteiger partial charge in [0.25, 0.3) is 5.97 Å². The molecule has 0 aromatic rings. The summed E-state index contributed by atoms with van der Waals surface area (Å²) in [5.41, 5.74) is 0. The topological polar surface area (TPSA) is 68.8 Å². The van der Waals surface area contributed by atoms with Crippen LogP contribution < -0.4 is 0 Å². The molecule has 0 unspecified atom stereocenters. The molecule has 0 atom stereocenters. The summed E-state index contributed by atoms with van der Waals surface area (Å²) in [6.07, 6.45) is 7.17. The molecular formula is C15H37O3Sn2. The molecule has 5 heteroatoms. The Morgan fingerprint density at radius 1 is 0.950 bits per heavy atom. The van der Waals surface area contributed by atoms with Crippen LogP contribution in [0.1, 0.15) is 66.7 Å². The number of aliphatic carboxylic acids is 1. The van der Waals surface area contributed by atoms with Gasteiger partial charge < -0.3 is 10.6 Å². The van der Waals surface area contributed by atoms with Crippen molar-refractivity contribution < 1.29 is 15.4 Å². The van der Waals surface area contributed by atoms with E-state index in [0.717, 1.165) is 6.92 Å². The SMILES string of the molecule is CC(=O)O.CCC[CH2][Sn].CC[CH2][SnH]([CH2]CC)[CH2]CC.O. The van der Waals surface area contributed by atoms with E-state index in [2.05, 4.69) is 27.7 Å². The van der Waals surface area contributed by atoms with Gasteiger partial charge in [0.05, 0.1) is 0 Å². The molecule has 3 radical (unpaired) electrons. The van der Waals surface area contributed by atoms with E-state index in [0.29, 0.717) is 0 Å². The van der Waals surface area contributed by atoms with Crippen molar-refractivity contribution in [3.63, 3.8) is 0 Å². The fourth-order valence-electron chi connectivity index (χ4n) is 1.83. The maximum atomic E-state index is 9.00. The van der Waals surface area contributed by atoms with Gasteiger partial charge in [-0.1, -0.05) is 0 Å². The summed E-state index contributed by atoms with van der Waals surface area (Å²) < 4.78 is 6.40. The Bertz CT molecular complexity index is 147. The van der Waals surface area contributed by atoms with Crippen LogP contribution in [0.2, 0.25) is 17.7 Å². The number of unbranched alkanes of at least 4 members (excludes halogenated alkanes) is 1. The number of rotatable bonds is 8. The van der Waals surface area contributed by atoms with E-state index in [1.54, 1.807) is 35.8 Å². The van der Waals surface area contributed by atoms with Crippen LogP contribution in [-0.2, 0) is 4.79 Å². The van der Waals surface area contributed by atoms with Crippen molar-refractivity contribution in [2.24, 2.45) is 0 Å². The largest absolute Gasteiger partial charge is 0.412 e. The van der Waals surface area contributed by atoms with E-state index in [-0.39, 0.29) is 5.48 Å². The van der Waals surface area contributed by atoms with Crippen LogP contribution >= 0.6 is 0 Å². The molecule has 0 spiro atoms. The number of hydrogen-bond donors (Lipinski definition) is 1. The molecule has 0 aliphatic rings. The van der Waals surface area contributed by atoms with Crippen molar-refractivity contribution in [2.45, 2.75) is 84.5 Å². The van der Waals surface area contributed by atoms with Gasteiger partial charge in [-0.25, -0.2) is 0 Å². The minimum atomic E-state index is -0.880. The van der Waals surface area contributed by atoms with Crippen LogP contribution in [0.25, 0.3) is 0 Å². The number of carboxylic acid groups (broad SMARTS) is 1. The van der Waals surface area contributed by atoms with Gasteiger partial charge >= 0.3 is 120 Å². The standard InChI is InChI=1S/C4H9.3C3H7.C2H4O2.H2O.2Sn.H/c1-3-4-2;3*1-3-2;1-2(3)4;;;;/h1,3-4H2,2H3;3*1,3H2,2H3;1H3,(H,3,4);1H2;;;. The maximum absolute atomic E-state index is 9.00. The van der Waals surface area contributed by atoms with E-state index in [4.69, 9.17) is 9.90 Å². The number of carbonyl (C=O) groups is 1. The minimum Gasteiger partial charge on any atom is -0.412 e. The van der Waals surface area contributed by atoms with Gasteiger partial charge in [0.1, 0.15) is 0 Å². The van der Waals surface area contributed by atoms with E-state index in [1.165, 1.54) is 36.5 Å². The normalized spacial score (nSPS) is 8.75. The molecule has 0 amide bonds. The summed E-state index contributed by atoms with van der Waals surface area (Å²) in [5.74, 6) is -0.833. The Hall–Kier alpha value is 1.03. The van der Waals surface area contributed by atoms with Crippen LogP contribution in [-0.4, -0.2) is 58.8 Å². The molecule has 0 aromatic heterocycles. The van der Waals surface area contributed by atoms with Crippen LogP contribution in [0, 0.1) is 0 Å². The first kappa shape index (κ1) is 29.1. The molecule has 0 heterocycles. The van der Waals surface area contributed by atoms with Crippen LogP contribution in [0.3, 0.4) is 0 Å². The Morgan fingerprint density at radius 2 is 1.25 bits per heavy atom. The quantitative estimate of drug-likeness (QED) is 0.508. The van der Waals surface area contributed by atoms with Gasteiger partial charge in [-0.15, -0.1) is 0 Å². The van der Waals surface area contributed by atoms with Gasteiger partial charge in [-0.05, 0) is 0 Å². The van der Waals surface area contributed by atoms with Crippen LogP contribution in [0.15, 0.2) is 0 Å². The Labute approximate surface area is 147 Å². The maximum Gasteiger partial charge on any atom is -0.412 e. The van der Waals surface area contributed by atoms with Gasteiger partial charge in [0.15, 0.2) is 0 Å². The van der Waals surface area contributed by atoms with E-state index in [1.807, 2.05) is 0 Å². The summed E-state index contributed by atoms with van der Waals surface area (Å²) in [4.78, 5) is 9.00. The van der Waals surface area contributed by atoms with Gasteiger partial charge in [0, 0.05) is 6.92 Å². The molecule has 0 fully saturated rings. The summed E-state index contributed by atoms with van der Waals surface area (Å²) in [6, 6.07) is 0. The first-order chi connectivity index (χ1) is 8.99. The average Bonchev–Trinajstić information content (AvgIpc) is 2.31. The fourth-order valence-corrected chi connectivity index (χ4v) is 12.3. The minimum absolute atomic E-state index is 0. The Morgan fingerprint density at radius 3 is 1.35 bits per heavy atom. The fraction of sp³-hybridized carbons (Fsp3) is 0.933. The van der Waals surface area contributed by atoms with E-state index >= 15 is 0 Å². The summed E-state index contributed by atoms with van der Waals surface area (Å²) in [5, 5.41) is 7.42. The van der Waals surface area contributed by atoms with E-state index in [9.17, 15) is 0 Å². The number of carboxylic acids is 1. The molecule has 0 bridgehead atoms. The van der Waals surface area contributed by atoms with Crippen molar-refractivity contribution in [1.29, 1.82) is 0 Å². The molecule has 3 N–H and O–H groups in total. The Balaban J connectivity index is -0.000000108. The van der Waals surface area contributed by atoms with E-state index < -0.39 is 25.7 Å². The first-order valence-electron chi connectivity index (χ1n) is 7.83. The zero-order chi connectivity index (χ0) is 15.5. The summed E-state index contributed by atoms with van der Waals surface area (Å²) >= 11 is 0.805. The molecule has 0 saturated carbocycles.